The molecule has 0 saturated heterocycles. The van der Waals surface area contributed by atoms with E-state index in [9.17, 15) is 13.2 Å². The van der Waals surface area contributed by atoms with E-state index in [2.05, 4.69) is 5.32 Å². The summed E-state index contributed by atoms with van der Waals surface area (Å²) in [5.41, 5.74) is 3.41. The van der Waals surface area contributed by atoms with Crippen molar-refractivity contribution in [1.82, 2.24) is 0 Å². The molecule has 0 aliphatic carbocycles. The lowest BCUT2D eigenvalue weighted by Crippen LogP contribution is -2.35. The molecular weight excluding hydrogens is 400 g/mol. The number of sulfonamides is 1. The van der Waals surface area contributed by atoms with E-state index in [0.717, 1.165) is 11.1 Å². The van der Waals surface area contributed by atoms with E-state index < -0.39 is 15.9 Å². The van der Waals surface area contributed by atoms with Gasteiger partial charge in [0.05, 0.1) is 21.8 Å². The number of anilines is 2. The molecule has 3 aromatic carbocycles. The Morgan fingerprint density at radius 1 is 1.03 bits per heavy atom. The Morgan fingerprint density at radius 2 is 1.83 bits per heavy atom. The smallest absolute Gasteiger partial charge is 0.264 e. The van der Waals surface area contributed by atoms with Crippen LogP contribution in [0.15, 0.2) is 65.6 Å². The van der Waals surface area contributed by atoms with Crippen molar-refractivity contribution in [1.29, 1.82) is 0 Å². The number of fused-ring (bicyclic) bond motifs is 3. The lowest BCUT2D eigenvalue weighted by molar-refractivity contribution is 0.102. The first kappa shape index (κ1) is 18.7. The van der Waals surface area contributed by atoms with E-state index in [0.29, 0.717) is 29.3 Å². The molecule has 0 spiro atoms. The van der Waals surface area contributed by atoms with Crippen LogP contribution in [-0.4, -0.2) is 20.4 Å². The van der Waals surface area contributed by atoms with E-state index in [4.69, 9.17) is 4.74 Å². The van der Waals surface area contributed by atoms with Crippen molar-refractivity contribution in [2.75, 3.05) is 9.62 Å². The first-order valence-electron chi connectivity index (χ1n) is 9.71. The number of carbonyl (C=O) groups excluding carboxylic acids is 1. The van der Waals surface area contributed by atoms with Crippen molar-refractivity contribution in [3.05, 3.63) is 77.4 Å². The third kappa shape index (κ3) is 2.85. The third-order valence-corrected chi connectivity index (χ3v) is 7.43. The summed E-state index contributed by atoms with van der Waals surface area (Å²) in [6.45, 7) is 3.82. The maximum Gasteiger partial charge on any atom is 0.264 e. The number of nitrogens with zero attached hydrogens (tertiary/aromatic N) is 1. The molecule has 6 nitrogen and oxygen atoms in total. The van der Waals surface area contributed by atoms with Crippen LogP contribution in [0.2, 0.25) is 0 Å². The molecule has 1 amide bonds. The van der Waals surface area contributed by atoms with Crippen LogP contribution in [0.4, 0.5) is 11.4 Å². The van der Waals surface area contributed by atoms with Crippen molar-refractivity contribution in [3.63, 3.8) is 0 Å². The van der Waals surface area contributed by atoms with Crippen molar-refractivity contribution >= 4 is 27.3 Å². The monoisotopic (exact) mass is 420 g/mol. The number of benzene rings is 3. The average Bonchev–Trinajstić information content (AvgIpc) is 2.99. The fourth-order valence-corrected chi connectivity index (χ4v) is 5.80. The Bertz CT molecular complexity index is 1300. The van der Waals surface area contributed by atoms with E-state index in [1.165, 1.54) is 16.4 Å². The van der Waals surface area contributed by atoms with Gasteiger partial charge in [-0.3, -0.25) is 9.10 Å². The molecule has 0 radical (unpaired) electrons. The van der Waals surface area contributed by atoms with Gasteiger partial charge in [0.15, 0.2) is 5.75 Å². The molecule has 30 heavy (non-hydrogen) atoms. The van der Waals surface area contributed by atoms with E-state index in [1.54, 1.807) is 12.1 Å². The quantitative estimate of drug-likeness (QED) is 0.663. The highest BCUT2D eigenvalue weighted by Gasteiger charge is 2.36. The number of ether oxygens (including phenoxy) is 1. The summed E-state index contributed by atoms with van der Waals surface area (Å²) in [5.74, 6) is 0.449. The normalized spacial score (nSPS) is 17.3. The minimum atomic E-state index is -3.85. The maximum atomic E-state index is 13.5. The number of carbonyl (C=O) groups is 1. The Morgan fingerprint density at radius 3 is 2.67 bits per heavy atom. The number of aryl methyl sites for hydroxylation is 1. The summed E-state index contributed by atoms with van der Waals surface area (Å²) in [7, 11) is -3.85. The number of hydrogen-bond donors (Lipinski definition) is 1. The van der Waals surface area contributed by atoms with E-state index >= 15 is 0 Å². The molecule has 5 rings (SSSR count). The second-order valence-electron chi connectivity index (χ2n) is 7.70. The number of nitrogens with one attached hydrogen (secondary N) is 1. The summed E-state index contributed by atoms with van der Waals surface area (Å²) >= 11 is 0. The zero-order valence-electron chi connectivity index (χ0n) is 16.5. The molecule has 152 valence electrons. The van der Waals surface area contributed by atoms with Gasteiger partial charge in [-0.25, -0.2) is 8.42 Å². The maximum absolute atomic E-state index is 13.5. The summed E-state index contributed by atoms with van der Waals surface area (Å²) in [4.78, 5) is 12.9. The number of amides is 1. The number of para-hydroxylation sites is 1. The second-order valence-corrected chi connectivity index (χ2v) is 9.51. The fourth-order valence-electron chi connectivity index (χ4n) is 4.08. The van der Waals surface area contributed by atoms with Crippen molar-refractivity contribution in [3.8, 4) is 11.5 Å². The lowest BCUT2D eigenvalue weighted by atomic mass is 10.1. The summed E-state index contributed by atoms with van der Waals surface area (Å²) in [6, 6.07) is 17.2. The molecule has 2 heterocycles. The largest absolute Gasteiger partial charge is 0.454 e. The molecule has 1 atom stereocenters. The van der Waals surface area contributed by atoms with Crippen LogP contribution < -0.4 is 14.4 Å². The van der Waals surface area contributed by atoms with Gasteiger partial charge < -0.3 is 10.1 Å². The Hall–Kier alpha value is -3.32. The summed E-state index contributed by atoms with van der Waals surface area (Å²) in [5, 5.41) is 2.81. The van der Waals surface area contributed by atoms with Gasteiger partial charge in [0.25, 0.3) is 15.9 Å². The van der Waals surface area contributed by atoms with Crippen LogP contribution in [0, 0.1) is 6.92 Å². The van der Waals surface area contributed by atoms with Crippen LogP contribution in [-0.2, 0) is 16.4 Å². The molecule has 1 N–H and O–H groups in total. The van der Waals surface area contributed by atoms with Crippen LogP contribution in [0.3, 0.4) is 0 Å². The standard InChI is InChI=1S/C23H20N2O4S/c1-14-7-9-19-22(11-14)29-21-10-8-17(13-18(21)23(26)24-19)30(27,28)25-15(2)12-16-5-3-4-6-20(16)25/h3-11,13,15H,12H2,1-2H3,(H,24,26). The summed E-state index contributed by atoms with van der Waals surface area (Å²) < 4.78 is 34.4. The molecule has 3 aromatic rings. The Balaban J connectivity index is 1.58. The molecular formula is C23H20N2O4S. The molecule has 7 heteroatoms. The lowest BCUT2D eigenvalue weighted by Gasteiger charge is -2.24. The van der Waals surface area contributed by atoms with E-state index in [1.807, 2.05) is 50.2 Å². The van der Waals surface area contributed by atoms with Crippen molar-refractivity contribution in [2.45, 2.75) is 31.2 Å². The van der Waals surface area contributed by atoms with Gasteiger partial charge in [-0.15, -0.1) is 0 Å². The minimum absolute atomic E-state index is 0.0608. The highest BCUT2D eigenvalue weighted by Crippen LogP contribution is 2.40. The van der Waals surface area contributed by atoms with Gasteiger partial charge in [-0.2, -0.15) is 0 Å². The SMILES string of the molecule is Cc1ccc2c(c1)Oc1ccc(S(=O)(=O)N3c4ccccc4CC3C)cc1C(=O)N2. The average molecular weight is 420 g/mol. The van der Waals surface area contributed by atoms with Gasteiger partial charge in [0.2, 0.25) is 0 Å². The van der Waals surface area contributed by atoms with Gasteiger partial charge in [0.1, 0.15) is 5.75 Å². The van der Waals surface area contributed by atoms with Crippen LogP contribution in [0.25, 0.3) is 0 Å². The molecule has 0 saturated carbocycles. The fraction of sp³-hybridized carbons (Fsp3) is 0.174. The third-order valence-electron chi connectivity index (χ3n) is 5.50. The van der Waals surface area contributed by atoms with Gasteiger partial charge >= 0.3 is 0 Å². The zero-order chi connectivity index (χ0) is 21.0. The first-order chi connectivity index (χ1) is 14.3. The molecule has 0 aromatic heterocycles. The highest BCUT2D eigenvalue weighted by molar-refractivity contribution is 7.92. The van der Waals surface area contributed by atoms with Gasteiger partial charge in [0, 0.05) is 6.04 Å². The van der Waals surface area contributed by atoms with Crippen LogP contribution >= 0.6 is 0 Å². The molecule has 0 fully saturated rings. The molecule has 2 aliphatic heterocycles. The number of hydrogen-bond acceptors (Lipinski definition) is 4. The topological polar surface area (TPSA) is 75.7 Å². The molecule has 1 unspecified atom stereocenters. The van der Waals surface area contributed by atoms with Gasteiger partial charge in [-0.05, 0) is 67.8 Å². The predicted molar refractivity (Wildman–Crippen MR) is 115 cm³/mol. The van der Waals surface area contributed by atoms with Crippen LogP contribution in [0.1, 0.15) is 28.4 Å². The first-order valence-corrected chi connectivity index (χ1v) is 11.1. The van der Waals surface area contributed by atoms with Crippen LogP contribution in [0.5, 0.6) is 11.5 Å². The second kappa shape index (κ2) is 6.60. The molecule has 0 bridgehead atoms. The highest BCUT2D eigenvalue weighted by atomic mass is 32.2. The Labute approximate surface area is 175 Å². The Kier molecular flexibility index (Phi) is 4.11. The minimum Gasteiger partial charge on any atom is -0.454 e. The molecule has 2 aliphatic rings. The van der Waals surface area contributed by atoms with Gasteiger partial charge in [-0.1, -0.05) is 24.3 Å². The summed E-state index contributed by atoms with van der Waals surface area (Å²) in [6.07, 6.45) is 0.651. The zero-order valence-corrected chi connectivity index (χ0v) is 17.4. The van der Waals surface area contributed by atoms with E-state index in [-0.39, 0.29) is 16.5 Å². The number of rotatable bonds is 2. The predicted octanol–water partition coefficient (Wildman–Crippen LogP) is 4.49. The van der Waals surface area contributed by atoms with Crippen molar-refractivity contribution in [2.24, 2.45) is 0 Å². The van der Waals surface area contributed by atoms with Crippen molar-refractivity contribution < 1.29 is 17.9 Å².